The third-order valence-electron chi connectivity index (χ3n) is 2.03. The first-order valence-electron chi connectivity index (χ1n) is 4.05. The molecule has 0 spiro atoms. The van der Waals surface area contributed by atoms with Crippen LogP contribution in [-0.2, 0) is 6.42 Å². The Morgan fingerprint density at radius 2 is 1.83 bits per heavy atom. The van der Waals surface area contributed by atoms with Gasteiger partial charge in [-0.2, -0.15) is 0 Å². The van der Waals surface area contributed by atoms with Gasteiger partial charge in [-0.1, -0.05) is 24.1 Å². The number of benzene rings is 1. The van der Waals surface area contributed by atoms with E-state index < -0.39 is 0 Å². The lowest BCUT2D eigenvalue weighted by molar-refractivity contribution is 1.19. The number of hydrogen-bond donors (Lipinski definition) is 0. The summed E-state index contributed by atoms with van der Waals surface area (Å²) in [5, 5.41) is 0. The van der Waals surface area contributed by atoms with Crippen LogP contribution in [0.3, 0.4) is 0 Å². The van der Waals surface area contributed by atoms with E-state index in [1.807, 2.05) is 0 Å². The van der Waals surface area contributed by atoms with Crippen molar-refractivity contribution in [2.45, 2.75) is 20.3 Å². The molecule has 12 heavy (non-hydrogen) atoms. The summed E-state index contributed by atoms with van der Waals surface area (Å²) in [6.07, 6.45) is 0.821. The van der Waals surface area contributed by atoms with E-state index >= 15 is 0 Å². The highest BCUT2D eigenvalue weighted by molar-refractivity contribution is 5.36. The van der Waals surface area contributed by atoms with Crippen LogP contribution in [0.4, 0.5) is 0 Å². The maximum Gasteiger partial charge on any atom is 0.0345 e. The van der Waals surface area contributed by atoms with Gasteiger partial charge < -0.3 is 0 Å². The molecule has 0 bridgehead atoms. The smallest absolute Gasteiger partial charge is 0.0345 e. The molecule has 0 amide bonds. The molecular formula is C12H13. The van der Waals surface area contributed by atoms with Crippen LogP contribution in [0.25, 0.3) is 0 Å². The Labute approximate surface area is 74.6 Å². The summed E-state index contributed by atoms with van der Waals surface area (Å²) in [6, 6.07) is 6.31. The Balaban J connectivity index is 3.01. The third kappa shape index (κ3) is 1.89. The lowest BCUT2D eigenvalue weighted by Crippen LogP contribution is -1.90. The molecule has 1 aromatic carbocycles. The second-order valence-corrected chi connectivity index (χ2v) is 2.90. The van der Waals surface area contributed by atoms with Crippen molar-refractivity contribution in [3.05, 3.63) is 41.8 Å². The highest BCUT2D eigenvalue weighted by Crippen LogP contribution is 2.12. The van der Waals surface area contributed by atoms with Gasteiger partial charge in [-0.05, 0) is 30.5 Å². The van der Waals surface area contributed by atoms with Gasteiger partial charge in [-0.15, -0.1) is 5.92 Å². The molecule has 0 aliphatic carbocycles. The quantitative estimate of drug-likeness (QED) is 0.550. The standard InChI is InChI=1S/C12H13/c1-4-5-9-12-10(2)7-6-8-11(12)3/h6-8H,1,9H2,2-3H3. The molecule has 1 rings (SSSR count). The summed E-state index contributed by atoms with van der Waals surface area (Å²) >= 11 is 0. The lowest BCUT2D eigenvalue weighted by atomic mass is 10.0. The minimum atomic E-state index is 0.821. The first kappa shape index (κ1) is 8.87. The van der Waals surface area contributed by atoms with Crippen LogP contribution in [0.2, 0.25) is 0 Å². The predicted octanol–water partition coefficient (Wildman–Crippen LogP) is 2.68. The molecule has 61 valence electrons. The van der Waals surface area contributed by atoms with E-state index in [1.165, 1.54) is 16.7 Å². The fourth-order valence-electron chi connectivity index (χ4n) is 1.28. The van der Waals surface area contributed by atoms with Crippen LogP contribution in [0.5, 0.6) is 0 Å². The van der Waals surface area contributed by atoms with Gasteiger partial charge >= 0.3 is 0 Å². The largest absolute Gasteiger partial charge is 0.102 e. The van der Waals surface area contributed by atoms with Gasteiger partial charge in [0.2, 0.25) is 0 Å². The minimum Gasteiger partial charge on any atom is -0.102 e. The molecule has 1 radical (unpaired) electrons. The SMILES string of the molecule is [CH2]C#CCc1c(C)cccc1C. The van der Waals surface area contributed by atoms with Crippen molar-refractivity contribution in [3.8, 4) is 11.8 Å². The summed E-state index contributed by atoms with van der Waals surface area (Å²) in [5.41, 5.74) is 3.98. The zero-order valence-corrected chi connectivity index (χ0v) is 7.65. The zero-order chi connectivity index (χ0) is 8.97. The Kier molecular flexibility index (Phi) is 2.94. The van der Waals surface area contributed by atoms with Gasteiger partial charge in [0.15, 0.2) is 0 Å². The lowest BCUT2D eigenvalue weighted by Gasteiger charge is -2.04. The molecule has 0 atom stereocenters. The summed E-state index contributed by atoms with van der Waals surface area (Å²) in [4.78, 5) is 0. The highest BCUT2D eigenvalue weighted by Gasteiger charge is 1.98. The van der Waals surface area contributed by atoms with E-state index in [2.05, 4.69) is 50.8 Å². The Morgan fingerprint density at radius 1 is 1.25 bits per heavy atom. The van der Waals surface area contributed by atoms with E-state index in [4.69, 9.17) is 0 Å². The molecular weight excluding hydrogens is 144 g/mol. The maximum absolute atomic E-state index is 3.50. The second-order valence-electron chi connectivity index (χ2n) is 2.90. The average molecular weight is 157 g/mol. The highest BCUT2D eigenvalue weighted by atomic mass is 14.0. The Bertz CT molecular complexity index is 303. The number of hydrogen-bond acceptors (Lipinski definition) is 0. The van der Waals surface area contributed by atoms with Gasteiger partial charge in [0, 0.05) is 13.3 Å². The van der Waals surface area contributed by atoms with Gasteiger partial charge in [0.25, 0.3) is 0 Å². The van der Waals surface area contributed by atoms with Gasteiger partial charge in [-0.3, -0.25) is 0 Å². The molecule has 0 aliphatic rings. The van der Waals surface area contributed by atoms with Crippen molar-refractivity contribution in [3.63, 3.8) is 0 Å². The van der Waals surface area contributed by atoms with Gasteiger partial charge in [0.05, 0.1) is 0 Å². The van der Waals surface area contributed by atoms with E-state index in [0.29, 0.717) is 0 Å². The summed E-state index contributed by atoms with van der Waals surface area (Å²) in [5.74, 6) is 5.66. The van der Waals surface area contributed by atoms with Crippen LogP contribution in [-0.4, -0.2) is 0 Å². The molecule has 0 aromatic heterocycles. The van der Waals surface area contributed by atoms with Gasteiger partial charge in [0.1, 0.15) is 0 Å². The van der Waals surface area contributed by atoms with Crippen molar-refractivity contribution in [2.24, 2.45) is 0 Å². The molecule has 0 aliphatic heterocycles. The zero-order valence-electron chi connectivity index (χ0n) is 7.65. The third-order valence-corrected chi connectivity index (χ3v) is 2.03. The predicted molar refractivity (Wildman–Crippen MR) is 52.8 cm³/mol. The van der Waals surface area contributed by atoms with Crippen molar-refractivity contribution >= 4 is 0 Å². The Hall–Kier alpha value is -1.22. The van der Waals surface area contributed by atoms with Crippen molar-refractivity contribution in [1.82, 2.24) is 0 Å². The van der Waals surface area contributed by atoms with E-state index in [1.54, 1.807) is 0 Å². The summed E-state index contributed by atoms with van der Waals surface area (Å²) in [7, 11) is 0. The number of aryl methyl sites for hydroxylation is 2. The molecule has 0 saturated heterocycles. The molecule has 0 fully saturated rings. The van der Waals surface area contributed by atoms with Crippen LogP contribution in [0, 0.1) is 32.6 Å². The molecule has 0 heteroatoms. The molecule has 0 N–H and O–H groups in total. The number of rotatable bonds is 1. The fourth-order valence-corrected chi connectivity index (χ4v) is 1.28. The summed E-state index contributed by atoms with van der Waals surface area (Å²) < 4.78 is 0. The van der Waals surface area contributed by atoms with Gasteiger partial charge in [-0.25, -0.2) is 0 Å². The summed E-state index contributed by atoms with van der Waals surface area (Å²) in [6.45, 7) is 7.74. The topological polar surface area (TPSA) is 0 Å². The molecule has 0 heterocycles. The molecule has 0 saturated carbocycles. The van der Waals surface area contributed by atoms with Crippen LogP contribution in [0.1, 0.15) is 16.7 Å². The molecule has 0 nitrogen and oxygen atoms in total. The first-order chi connectivity index (χ1) is 5.75. The maximum atomic E-state index is 3.50. The normalized spacial score (nSPS) is 8.92. The van der Waals surface area contributed by atoms with Crippen LogP contribution in [0.15, 0.2) is 18.2 Å². The fraction of sp³-hybridized carbons (Fsp3) is 0.250. The monoisotopic (exact) mass is 157 g/mol. The first-order valence-corrected chi connectivity index (χ1v) is 4.05. The van der Waals surface area contributed by atoms with Crippen molar-refractivity contribution in [1.29, 1.82) is 0 Å². The minimum absolute atomic E-state index is 0.821. The molecule has 0 unspecified atom stereocenters. The average Bonchev–Trinajstić information content (AvgIpc) is 2.04. The van der Waals surface area contributed by atoms with Crippen LogP contribution < -0.4 is 0 Å². The molecule has 1 aromatic rings. The van der Waals surface area contributed by atoms with Crippen molar-refractivity contribution in [2.75, 3.05) is 0 Å². The van der Waals surface area contributed by atoms with E-state index in [0.717, 1.165) is 6.42 Å². The van der Waals surface area contributed by atoms with Crippen LogP contribution >= 0.6 is 0 Å². The Morgan fingerprint density at radius 3 is 2.33 bits per heavy atom. The van der Waals surface area contributed by atoms with Crippen molar-refractivity contribution < 1.29 is 0 Å². The van der Waals surface area contributed by atoms with E-state index in [-0.39, 0.29) is 0 Å². The van der Waals surface area contributed by atoms with E-state index in [9.17, 15) is 0 Å². The second kappa shape index (κ2) is 3.97.